The maximum Gasteiger partial charge on any atom is 0.308 e. The minimum atomic E-state index is -0.0269. The van der Waals surface area contributed by atoms with Gasteiger partial charge >= 0.3 is 5.97 Å². The summed E-state index contributed by atoms with van der Waals surface area (Å²) < 4.78 is 5.35. The lowest BCUT2D eigenvalue weighted by Gasteiger charge is -2.14. The highest BCUT2D eigenvalue weighted by atomic mass is 16.5. The van der Waals surface area contributed by atoms with E-state index in [0.717, 1.165) is 12.3 Å². The van der Waals surface area contributed by atoms with Gasteiger partial charge in [-0.3, -0.25) is 4.79 Å². The third kappa shape index (κ3) is 27.4. The fraction of sp³-hybridized carbons (Fsp3) is 0.966. The molecule has 0 aromatic heterocycles. The van der Waals surface area contributed by atoms with Crippen molar-refractivity contribution < 1.29 is 9.53 Å². The quantitative estimate of drug-likeness (QED) is 0.139. The Morgan fingerprint density at radius 3 is 1.19 bits per heavy atom. The predicted octanol–water partition coefficient (Wildman–Crippen LogP) is 10.1. The SMILES string of the molecule is CCC(C)C.CCCCCCCCCCCCCCCCCCOC(=O)C(C)C(C)C. The van der Waals surface area contributed by atoms with Crippen molar-refractivity contribution in [2.24, 2.45) is 17.8 Å². The molecule has 0 fully saturated rings. The molecule has 188 valence electrons. The normalized spacial score (nSPS) is 12.0. The second-order valence-electron chi connectivity index (χ2n) is 10.3. The summed E-state index contributed by atoms with van der Waals surface area (Å²) in [4.78, 5) is 11.7. The average Bonchev–Trinajstić information content (AvgIpc) is 2.75. The van der Waals surface area contributed by atoms with Crippen LogP contribution in [0, 0.1) is 17.8 Å². The molecule has 0 N–H and O–H groups in total. The van der Waals surface area contributed by atoms with Gasteiger partial charge in [0.15, 0.2) is 0 Å². The minimum absolute atomic E-state index is 0.0241. The molecule has 0 aliphatic carbocycles. The zero-order valence-corrected chi connectivity index (χ0v) is 22.8. The Labute approximate surface area is 197 Å². The molecular formula is C29H60O2. The van der Waals surface area contributed by atoms with Crippen LogP contribution in [-0.2, 0) is 9.53 Å². The fourth-order valence-electron chi connectivity index (χ4n) is 3.23. The first-order valence-corrected chi connectivity index (χ1v) is 14.0. The molecule has 0 heterocycles. The second-order valence-corrected chi connectivity index (χ2v) is 10.3. The van der Waals surface area contributed by atoms with Crippen LogP contribution in [-0.4, -0.2) is 12.6 Å². The highest BCUT2D eigenvalue weighted by Crippen LogP contribution is 2.14. The maximum atomic E-state index is 11.7. The molecule has 2 nitrogen and oxygen atoms in total. The number of esters is 1. The molecule has 0 bridgehead atoms. The van der Waals surface area contributed by atoms with Gasteiger partial charge in [0.25, 0.3) is 0 Å². The Bertz CT molecular complexity index is 349. The lowest BCUT2D eigenvalue weighted by molar-refractivity contribution is -0.149. The molecule has 2 heteroatoms. The maximum absolute atomic E-state index is 11.7. The molecule has 0 aromatic carbocycles. The number of carbonyl (C=O) groups excluding carboxylic acids is 1. The summed E-state index contributed by atoms with van der Waals surface area (Å²) in [7, 11) is 0. The van der Waals surface area contributed by atoms with Gasteiger partial charge in [-0.2, -0.15) is 0 Å². The number of rotatable bonds is 20. The Balaban J connectivity index is 0. The van der Waals surface area contributed by atoms with Gasteiger partial charge in [0.1, 0.15) is 0 Å². The fourth-order valence-corrected chi connectivity index (χ4v) is 3.23. The Kier molecular flexibility index (Phi) is 27.1. The first kappa shape index (κ1) is 32.6. The van der Waals surface area contributed by atoms with Crippen LogP contribution in [0.15, 0.2) is 0 Å². The van der Waals surface area contributed by atoms with Gasteiger partial charge in [-0.05, 0) is 18.3 Å². The van der Waals surface area contributed by atoms with E-state index in [0.29, 0.717) is 12.5 Å². The van der Waals surface area contributed by atoms with E-state index in [2.05, 4.69) is 41.5 Å². The largest absolute Gasteiger partial charge is 0.465 e. The molecule has 0 saturated heterocycles. The Hall–Kier alpha value is -0.530. The molecule has 1 unspecified atom stereocenters. The summed E-state index contributed by atoms with van der Waals surface area (Å²) in [6.45, 7) is 15.6. The van der Waals surface area contributed by atoms with Crippen molar-refractivity contribution in [3.63, 3.8) is 0 Å². The van der Waals surface area contributed by atoms with Crippen LogP contribution in [0.25, 0.3) is 0 Å². The number of hydrogen-bond donors (Lipinski definition) is 0. The predicted molar refractivity (Wildman–Crippen MR) is 140 cm³/mol. The van der Waals surface area contributed by atoms with Crippen LogP contribution in [0.2, 0.25) is 0 Å². The molecular weight excluding hydrogens is 380 g/mol. The van der Waals surface area contributed by atoms with Crippen molar-refractivity contribution >= 4 is 5.97 Å². The summed E-state index contributed by atoms with van der Waals surface area (Å²) in [6, 6.07) is 0. The van der Waals surface area contributed by atoms with E-state index in [1.54, 1.807) is 0 Å². The van der Waals surface area contributed by atoms with Crippen LogP contribution in [0.3, 0.4) is 0 Å². The summed E-state index contributed by atoms with van der Waals surface area (Å²) in [5, 5.41) is 0. The number of hydrogen-bond acceptors (Lipinski definition) is 2. The molecule has 0 saturated carbocycles. The van der Waals surface area contributed by atoms with Crippen LogP contribution in [0.5, 0.6) is 0 Å². The number of carbonyl (C=O) groups is 1. The van der Waals surface area contributed by atoms with E-state index in [9.17, 15) is 4.79 Å². The van der Waals surface area contributed by atoms with E-state index < -0.39 is 0 Å². The molecule has 1 atom stereocenters. The van der Waals surface area contributed by atoms with Gasteiger partial charge in [0, 0.05) is 0 Å². The van der Waals surface area contributed by atoms with Gasteiger partial charge in [-0.15, -0.1) is 0 Å². The van der Waals surface area contributed by atoms with Crippen LogP contribution < -0.4 is 0 Å². The summed E-state index contributed by atoms with van der Waals surface area (Å²) in [5.74, 6) is 1.25. The first-order valence-electron chi connectivity index (χ1n) is 14.0. The smallest absolute Gasteiger partial charge is 0.308 e. The van der Waals surface area contributed by atoms with Gasteiger partial charge in [0.05, 0.1) is 12.5 Å². The van der Waals surface area contributed by atoms with Gasteiger partial charge < -0.3 is 4.74 Å². The second kappa shape index (κ2) is 25.7. The first-order chi connectivity index (χ1) is 14.9. The molecule has 0 aliphatic rings. The lowest BCUT2D eigenvalue weighted by Crippen LogP contribution is -2.20. The molecule has 0 aromatic rings. The standard InChI is InChI=1S/C24H48O2.C5H12/c1-5-6-7-8-9-10-11-12-13-14-15-16-17-18-19-20-21-26-24(25)23(4)22(2)3;1-4-5(2)3/h22-23H,5-21H2,1-4H3;5H,4H2,1-3H3. The molecule has 0 amide bonds. The van der Waals surface area contributed by atoms with Crippen molar-refractivity contribution in [2.45, 2.75) is 158 Å². The summed E-state index contributed by atoms with van der Waals surface area (Å²) >= 11 is 0. The topological polar surface area (TPSA) is 26.3 Å². The molecule has 0 rings (SSSR count). The zero-order valence-electron chi connectivity index (χ0n) is 22.8. The molecule has 0 radical (unpaired) electrons. The minimum Gasteiger partial charge on any atom is -0.465 e. The number of ether oxygens (including phenoxy) is 1. The highest BCUT2D eigenvalue weighted by molar-refractivity contribution is 5.72. The third-order valence-corrected chi connectivity index (χ3v) is 6.43. The monoisotopic (exact) mass is 440 g/mol. The summed E-state index contributed by atoms with van der Waals surface area (Å²) in [5.41, 5.74) is 0. The third-order valence-electron chi connectivity index (χ3n) is 6.43. The van der Waals surface area contributed by atoms with E-state index in [4.69, 9.17) is 4.74 Å². The summed E-state index contributed by atoms with van der Waals surface area (Å²) in [6.07, 6.45) is 23.2. The van der Waals surface area contributed by atoms with E-state index in [-0.39, 0.29) is 11.9 Å². The van der Waals surface area contributed by atoms with Crippen LogP contribution in [0.1, 0.15) is 158 Å². The van der Waals surface area contributed by atoms with E-state index in [1.807, 2.05) is 6.92 Å². The Morgan fingerprint density at radius 1 is 0.581 bits per heavy atom. The van der Waals surface area contributed by atoms with E-state index >= 15 is 0 Å². The van der Waals surface area contributed by atoms with Crippen molar-refractivity contribution in [2.75, 3.05) is 6.61 Å². The average molecular weight is 441 g/mol. The van der Waals surface area contributed by atoms with Crippen molar-refractivity contribution in [3.8, 4) is 0 Å². The Morgan fingerprint density at radius 2 is 0.903 bits per heavy atom. The van der Waals surface area contributed by atoms with Crippen LogP contribution in [0.4, 0.5) is 0 Å². The van der Waals surface area contributed by atoms with Gasteiger partial charge in [-0.1, -0.05) is 151 Å². The van der Waals surface area contributed by atoms with Gasteiger partial charge in [-0.25, -0.2) is 0 Å². The van der Waals surface area contributed by atoms with Crippen LogP contribution >= 0.6 is 0 Å². The number of unbranched alkanes of at least 4 members (excludes halogenated alkanes) is 15. The lowest BCUT2D eigenvalue weighted by atomic mass is 9.99. The van der Waals surface area contributed by atoms with Crippen molar-refractivity contribution in [1.29, 1.82) is 0 Å². The van der Waals surface area contributed by atoms with Crippen molar-refractivity contribution in [3.05, 3.63) is 0 Å². The van der Waals surface area contributed by atoms with Crippen molar-refractivity contribution in [1.82, 2.24) is 0 Å². The molecule has 0 spiro atoms. The highest BCUT2D eigenvalue weighted by Gasteiger charge is 2.17. The van der Waals surface area contributed by atoms with E-state index in [1.165, 1.54) is 103 Å². The zero-order chi connectivity index (χ0) is 23.7. The molecule has 0 aliphatic heterocycles. The molecule has 31 heavy (non-hydrogen) atoms. The van der Waals surface area contributed by atoms with Gasteiger partial charge in [0.2, 0.25) is 0 Å².